The molecule has 1 fully saturated rings. The molecule has 7 heteroatoms. The van der Waals surface area contributed by atoms with Crippen LogP contribution in [0.5, 0.6) is 0 Å². The minimum Gasteiger partial charge on any atom is -0.352 e. The number of nitrogens with one attached hydrogen (secondary N) is 2. The third kappa shape index (κ3) is 6.76. The number of carbonyl (C=O) groups excluding carboxylic acids is 1. The van der Waals surface area contributed by atoms with E-state index in [1.165, 1.54) is 0 Å². The number of hydrogen-bond donors (Lipinski definition) is 2. The minimum atomic E-state index is -3.11. The summed E-state index contributed by atoms with van der Waals surface area (Å²) in [4.78, 5) is 11.8. The van der Waals surface area contributed by atoms with Crippen LogP contribution in [0.3, 0.4) is 0 Å². The first-order valence-corrected chi connectivity index (χ1v) is 9.27. The van der Waals surface area contributed by atoms with Gasteiger partial charge in [0.1, 0.15) is 0 Å². The van der Waals surface area contributed by atoms with Crippen molar-refractivity contribution in [3.8, 4) is 0 Å². The van der Waals surface area contributed by atoms with Gasteiger partial charge in [-0.3, -0.25) is 4.79 Å². The van der Waals surface area contributed by atoms with Crippen molar-refractivity contribution >= 4 is 15.9 Å². The molecule has 21 heavy (non-hydrogen) atoms. The van der Waals surface area contributed by atoms with Crippen LogP contribution in [0.1, 0.15) is 47.0 Å². The quantitative estimate of drug-likeness (QED) is 0.755. The predicted molar refractivity (Wildman–Crippen MR) is 84.6 cm³/mol. The van der Waals surface area contributed by atoms with Crippen molar-refractivity contribution in [1.29, 1.82) is 0 Å². The van der Waals surface area contributed by atoms with Crippen LogP contribution in [-0.2, 0) is 14.8 Å². The van der Waals surface area contributed by atoms with Gasteiger partial charge in [-0.15, -0.1) is 0 Å². The summed E-state index contributed by atoms with van der Waals surface area (Å²) >= 11 is 0. The van der Waals surface area contributed by atoms with Gasteiger partial charge in [0, 0.05) is 24.7 Å². The number of sulfonamides is 1. The fourth-order valence-corrected chi connectivity index (χ4v) is 3.83. The summed E-state index contributed by atoms with van der Waals surface area (Å²) in [5.41, 5.74) is -0.0884. The van der Waals surface area contributed by atoms with Gasteiger partial charge in [0.2, 0.25) is 15.9 Å². The molecule has 1 rings (SSSR count). The second-order valence-corrected chi connectivity index (χ2v) is 8.75. The van der Waals surface area contributed by atoms with E-state index >= 15 is 0 Å². The zero-order chi connectivity index (χ0) is 16.1. The van der Waals surface area contributed by atoms with Gasteiger partial charge >= 0.3 is 0 Å². The second kappa shape index (κ2) is 7.56. The molecule has 0 saturated carbocycles. The number of rotatable bonds is 6. The first-order chi connectivity index (χ1) is 9.64. The lowest BCUT2D eigenvalue weighted by Crippen LogP contribution is -2.50. The third-order valence-electron chi connectivity index (χ3n) is 3.45. The average molecular weight is 319 g/mol. The maximum atomic E-state index is 12.0. The van der Waals surface area contributed by atoms with Crippen molar-refractivity contribution in [1.82, 2.24) is 14.9 Å². The Bertz CT molecular complexity index is 435. The summed E-state index contributed by atoms with van der Waals surface area (Å²) in [7, 11) is -3.11. The smallest absolute Gasteiger partial charge is 0.234 e. The number of carbonyl (C=O) groups is 1. The Hall–Kier alpha value is -0.660. The molecule has 1 aliphatic heterocycles. The molecule has 0 aliphatic carbocycles. The van der Waals surface area contributed by atoms with Crippen LogP contribution in [0.4, 0.5) is 0 Å². The van der Waals surface area contributed by atoms with Crippen LogP contribution in [-0.4, -0.2) is 55.6 Å². The monoisotopic (exact) mass is 319 g/mol. The van der Waals surface area contributed by atoms with Crippen LogP contribution in [0.15, 0.2) is 0 Å². The van der Waals surface area contributed by atoms with Crippen molar-refractivity contribution < 1.29 is 13.2 Å². The van der Waals surface area contributed by atoms with Crippen molar-refractivity contribution in [3.05, 3.63) is 0 Å². The van der Waals surface area contributed by atoms with E-state index in [0.717, 1.165) is 0 Å². The summed E-state index contributed by atoms with van der Waals surface area (Å²) in [6.07, 6.45) is 2.01. The van der Waals surface area contributed by atoms with Crippen LogP contribution < -0.4 is 10.6 Å². The molecular weight excluding hydrogens is 290 g/mol. The van der Waals surface area contributed by atoms with Crippen LogP contribution >= 0.6 is 0 Å². The van der Waals surface area contributed by atoms with E-state index in [-0.39, 0.29) is 29.8 Å². The molecule has 6 nitrogen and oxygen atoms in total. The number of hydrogen-bond acceptors (Lipinski definition) is 4. The molecule has 1 heterocycles. The van der Waals surface area contributed by atoms with Crippen LogP contribution in [0, 0.1) is 0 Å². The maximum absolute atomic E-state index is 12.0. The summed E-state index contributed by atoms with van der Waals surface area (Å²) in [5.74, 6) is 0.180. The molecule has 2 N–H and O–H groups in total. The number of piperidine rings is 1. The van der Waals surface area contributed by atoms with Crippen LogP contribution in [0.2, 0.25) is 0 Å². The molecule has 0 unspecified atom stereocenters. The van der Waals surface area contributed by atoms with E-state index in [1.807, 2.05) is 27.7 Å². The van der Waals surface area contributed by atoms with E-state index in [0.29, 0.717) is 32.4 Å². The maximum Gasteiger partial charge on any atom is 0.234 e. The van der Waals surface area contributed by atoms with Crippen molar-refractivity contribution in [2.24, 2.45) is 0 Å². The Labute approximate surface area is 128 Å². The van der Waals surface area contributed by atoms with Crippen molar-refractivity contribution in [2.75, 3.05) is 25.4 Å². The van der Waals surface area contributed by atoms with Gasteiger partial charge in [0.25, 0.3) is 0 Å². The highest BCUT2D eigenvalue weighted by molar-refractivity contribution is 7.89. The van der Waals surface area contributed by atoms with E-state index < -0.39 is 10.0 Å². The molecule has 1 saturated heterocycles. The van der Waals surface area contributed by atoms with Gasteiger partial charge in [0.05, 0.1) is 12.3 Å². The lowest BCUT2D eigenvalue weighted by Gasteiger charge is -2.32. The molecule has 124 valence electrons. The molecule has 0 aromatic heterocycles. The van der Waals surface area contributed by atoms with Crippen molar-refractivity contribution in [3.63, 3.8) is 0 Å². The Balaban J connectivity index is 2.35. The average Bonchev–Trinajstić information content (AvgIpc) is 2.36. The van der Waals surface area contributed by atoms with E-state index in [1.54, 1.807) is 4.31 Å². The zero-order valence-corrected chi connectivity index (χ0v) is 14.4. The first-order valence-electron chi connectivity index (χ1n) is 7.66. The first kappa shape index (κ1) is 18.4. The highest BCUT2D eigenvalue weighted by Crippen LogP contribution is 2.15. The van der Waals surface area contributed by atoms with E-state index in [9.17, 15) is 13.2 Å². The fourth-order valence-electron chi connectivity index (χ4n) is 2.29. The highest BCUT2D eigenvalue weighted by Gasteiger charge is 2.27. The van der Waals surface area contributed by atoms with Gasteiger partial charge in [-0.1, -0.05) is 6.92 Å². The SMILES string of the molecule is CCCS(=O)(=O)N1CCC(NC(=O)CNC(C)(C)C)CC1. The summed E-state index contributed by atoms with van der Waals surface area (Å²) in [5, 5.41) is 6.12. The van der Waals surface area contributed by atoms with Gasteiger partial charge < -0.3 is 10.6 Å². The van der Waals surface area contributed by atoms with Crippen LogP contribution in [0.25, 0.3) is 0 Å². The Morgan fingerprint density at radius 1 is 1.24 bits per heavy atom. The largest absolute Gasteiger partial charge is 0.352 e. The molecule has 1 aliphatic rings. The minimum absolute atomic E-state index is 0.0280. The van der Waals surface area contributed by atoms with Gasteiger partial charge in [0.15, 0.2) is 0 Å². The Morgan fingerprint density at radius 2 is 1.81 bits per heavy atom. The molecule has 0 spiro atoms. The summed E-state index contributed by atoms with van der Waals surface area (Å²) in [6, 6.07) is 0.0762. The van der Waals surface area contributed by atoms with Crippen molar-refractivity contribution in [2.45, 2.75) is 58.5 Å². The summed E-state index contributed by atoms with van der Waals surface area (Å²) < 4.78 is 25.5. The molecule has 0 radical (unpaired) electrons. The lowest BCUT2D eigenvalue weighted by molar-refractivity contribution is -0.121. The molecule has 0 atom stereocenters. The molecule has 1 amide bonds. The molecule has 0 aromatic rings. The normalized spacial score (nSPS) is 18.7. The molecular formula is C14H29N3O3S. The summed E-state index contributed by atoms with van der Waals surface area (Å²) in [6.45, 7) is 9.19. The molecule has 0 bridgehead atoms. The van der Waals surface area contributed by atoms with Gasteiger partial charge in [-0.2, -0.15) is 0 Å². The zero-order valence-electron chi connectivity index (χ0n) is 13.6. The standard InChI is InChI=1S/C14H29N3O3S/c1-5-10-21(19,20)17-8-6-12(7-9-17)16-13(18)11-15-14(2,3)4/h12,15H,5-11H2,1-4H3,(H,16,18). The number of amides is 1. The Morgan fingerprint density at radius 3 is 2.29 bits per heavy atom. The second-order valence-electron chi connectivity index (χ2n) is 6.66. The van der Waals surface area contributed by atoms with E-state index in [4.69, 9.17) is 0 Å². The van der Waals surface area contributed by atoms with Gasteiger partial charge in [-0.05, 0) is 40.0 Å². The van der Waals surface area contributed by atoms with Gasteiger partial charge in [-0.25, -0.2) is 12.7 Å². The predicted octanol–water partition coefficient (Wildman–Crippen LogP) is 0.695. The third-order valence-corrected chi connectivity index (χ3v) is 5.53. The molecule has 0 aromatic carbocycles. The van der Waals surface area contributed by atoms with E-state index in [2.05, 4.69) is 10.6 Å². The highest BCUT2D eigenvalue weighted by atomic mass is 32.2. The number of nitrogens with zero attached hydrogens (tertiary/aromatic N) is 1. The Kier molecular flexibility index (Phi) is 6.62. The fraction of sp³-hybridized carbons (Fsp3) is 0.929. The lowest BCUT2D eigenvalue weighted by atomic mass is 10.1. The topological polar surface area (TPSA) is 78.5 Å².